The summed E-state index contributed by atoms with van der Waals surface area (Å²) in [5.41, 5.74) is 0. The molecule has 0 amide bonds. The molecule has 1 N–H and O–H groups in total. The lowest BCUT2D eigenvalue weighted by atomic mass is 10.1. The number of hydrogen-bond acceptors (Lipinski definition) is 2. The van der Waals surface area contributed by atoms with E-state index in [9.17, 15) is 0 Å². The summed E-state index contributed by atoms with van der Waals surface area (Å²) in [6.07, 6.45) is 7.22. The predicted molar refractivity (Wildman–Crippen MR) is 62.4 cm³/mol. The minimum atomic E-state index is 0.999. The zero-order chi connectivity index (χ0) is 9.36. The second-order valence-electron chi connectivity index (χ2n) is 3.91. The summed E-state index contributed by atoms with van der Waals surface area (Å²) in [5.74, 6) is 3.59. The smallest absolute Gasteiger partial charge is 0.00205 e. The van der Waals surface area contributed by atoms with E-state index in [0.717, 1.165) is 5.92 Å². The van der Waals surface area contributed by atoms with Crippen molar-refractivity contribution in [1.29, 1.82) is 0 Å². The Balaban J connectivity index is 1.78. The zero-order valence-corrected chi connectivity index (χ0v) is 9.67. The summed E-state index contributed by atoms with van der Waals surface area (Å²) >= 11 is 2.05. The summed E-state index contributed by atoms with van der Waals surface area (Å²) in [7, 11) is 0. The van der Waals surface area contributed by atoms with Gasteiger partial charge in [0.05, 0.1) is 0 Å². The molecular weight excluding hydrogens is 178 g/mol. The van der Waals surface area contributed by atoms with Gasteiger partial charge in [0.2, 0.25) is 0 Å². The molecule has 1 aliphatic rings. The Morgan fingerprint density at radius 1 is 1.31 bits per heavy atom. The number of nitrogens with one attached hydrogen (secondary N) is 1. The van der Waals surface area contributed by atoms with E-state index in [2.05, 4.69) is 24.0 Å². The van der Waals surface area contributed by atoms with Crippen molar-refractivity contribution < 1.29 is 0 Å². The molecule has 0 unspecified atom stereocenters. The topological polar surface area (TPSA) is 12.0 Å². The van der Waals surface area contributed by atoms with Gasteiger partial charge in [0.25, 0.3) is 0 Å². The Morgan fingerprint density at radius 2 is 2.08 bits per heavy atom. The molecule has 0 aromatic heterocycles. The van der Waals surface area contributed by atoms with E-state index in [1.807, 2.05) is 0 Å². The number of hydrogen-bond donors (Lipinski definition) is 1. The molecule has 1 fully saturated rings. The zero-order valence-electron chi connectivity index (χ0n) is 8.85. The fourth-order valence-corrected chi connectivity index (χ4v) is 2.60. The van der Waals surface area contributed by atoms with E-state index in [0.29, 0.717) is 0 Å². The quantitative estimate of drug-likeness (QED) is 0.636. The lowest BCUT2D eigenvalue weighted by Crippen LogP contribution is -2.22. The van der Waals surface area contributed by atoms with E-state index < -0.39 is 0 Å². The summed E-state index contributed by atoms with van der Waals surface area (Å²) < 4.78 is 0. The fourth-order valence-electron chi connectivity index (χ4n) is 1.96. The highest BCUT2D eigenvalue weighted by molar-refractivity contribution is 7.99. The third-order valence-corrected chi connectivity index (χ3v) is 3.74. The highest BCUT2D eigenvalue weighted by atomic mass is 32.2. The maximum Gasteiger partial charge on any atom is -0.00205 e. The molecule has 13 heavy (non-hydrogen) atoms. The van der Waals surface area contributed by atoms with Gasteiger partial charge in [0.15, 0.2) is 0 Å². The van der Waals surface area contributed by atoms with Gasteiger partial charge >= 0.3 is 0 Å². The van der Waals surface area contributed by atoms with Gasteiger partial charge in [0.1, 0.15) is 0 Å². The highest BCUT2D eigenvalue weighted by Gasteiger charge is 2.13. The Hall–Kier alpha value is 0.310. The standard InChI is InChI=1S/C11H23NS/c1-2-13-9-5-8-12-10-11-6-3-4-7-11/h11-12H,2-10H2,1H3. The Labute approximate surface area is 87.1 Å². The first kappa shape index (κ1) is 11.4. The van der Waals surface area contributed by atoms with Crippen LogP contribution < -0.4 is 5.32 Å². The van der Waals surface area contributed by atoms with Crippen molar-refractivity contribution in [2.45, 2.75) is 39.0 Å². The van der Waals surface area contributed by atoms with Crippen molar-refractivity contribution in [1.82, 2.24) is 5.32 Å². The van der Waals surface area contributed by atoms with Crippen molar-refractivity contribution in [3.05, 3.63) is 0 Å². The summed E-state index contributed by atoms with van der Waals surface area (Å²) in [6, 6.07) is 0. The molecule has 1 nitrogen and oxygen atoms in total. The Kier molecular flexibility index (Phi) is 6.73. The lowest BCUT2D eigenvalue weighted by Gasteiger charge is -2.09. The molecule has 0 radical (unpaired) electrons. The van der Waals surface area contributed by atoms with Crippen LogP contribution in [-0.2, 0) is 0 Å². The Morgan fingerprint density at radius 3 is 2.77 bits per heavy atom. The van der Waals surface area contributed by atoms with Crippen LogP contribution in [0.3, 0.4) is 0 Å². The molecule has 0 saturated heterocycles. The normalized spacial score (nSPS) is 18.2. The number of rotatable bonds is 7. The molecule has 0 aromatic rings. The molecule has 0 aromatic carbocycles. The van der Waals surface area contributed by atoms with Crippen LogP contribution in [0.2, 0.25) is 0 Å². The van der Waals surface area contributed by atoms with Crippen LogP contribution in [0.1, 0.15) is 39.0 Å². The van der Waals surface area contributed by atoms with Crippen LogP contribution >= 0.6 is 11.8 Å². The van der Waals surface area contributed by atoms with Crippen molar-refractivity contribution >= 4 is 11.8 Å². The average molecular weight is 201 g/mol. The summed E-state index contributed by atoms with van der Waals surface area (Å²) in [4.78, 5) is 0. The van der Waals surface area contributed by atoms with Gasteiger partial charge in [-0.1, -0.05) is 19.8 Å². The van der Waals surface area contributed by atoms with Gasteiger partial charge in [-0.2, -0.15) is 11.8 Å². The maximum absolute atomic E-state index is 3.57. The van der Waals surface area contributed by atoms with Gasteiger partial charge < -0.3 is 5.32 Å². The van der Waals surface area contributed by atoms with Crippen LogP contribution in [0.25, 0.3) is 0 Å². The maximum atomic E-state index is 3.57. The largest absolute Gasteiger partial charge is 0.316 e. The number of thioether (sulfide) groups is 1. The molecule has 1 aliphatic carbocycles. The van der Waals surface area contributed by atoms with E-state index in [1.54, 1.807) is 0 Å². The van der Waals surface area contributed by atoms with Gasteiger partial charge in [-0.05, 0) is 49.8 Å². The first-order valence-corrected chi connectivity index (χ1v) is 6.87. The van der Waals surface area contributed by atoms with Crippen LogP contribution in [-0.4, -0.2) is 24.6 Å². The van der Waals surface area contributed by atoms with E-state index in [1.165, 1.54) is 56.7 Å². The first-order valence-electron chi connectivity index (χ1n) is 5.72. The second-order valence-corrected chi connectivity index (χ2v) is 5.30. The van der Waals surface area contributed by atoms with Crippen molar-refractivity contribution in [2.75, 3.05) is 24.6 Å². The van der Waals surface area contributed by atoms with Crippen LogP contribution in [0.5, 0.6) is 0 Å². The first-order chi connectivity index (χ1) is 6.43. The van der Waals surface area contributed by atoms with Gasteiger partial charge in [0, 0.05) is 0 Å². The molecule has 1 rings (SSSR count). The lowest BCUT2D eigenvalue weighted by molar-refractivity contribution is 0.490. The second kappa shape index (κ2) is 7.69. The van der Waals surface area contributed by atoms with Gasteiger partial charge in [-0.15, -0.1) is 0 Å². The molecule has 78 valence electrons. The Bertz CT molecular complexity index is 111. The van der Waals surface area contributed by atoms with Crippen molar-refractivity contribution in [2.24, 2.45) is 5.92 Å². The molecule has 0 aliphatic heterocycles. The minimum Gasteiger partial charge on any atom is -0.316 e. The fraction of sp³-hybridized carbons (Fsp3) is 1.00. The van der Waals surface area contributed by atoms with E-state index in [-0.39, 0.29) is 0 Å². The average Bonchev–Trinajstić information content (AvgIpc) is 2.63. The molecule has 0 atom stereocenters. The molecule has 2 heteroatoms. The monoisotopic (exact) mass is 201 g/mol. The summed E-state index contributed by atoms with van der Waals surface area (Å²) in [5, 5.41) is 3.57. The highest BCUT2D eigenvalue weighted by Crippen LogP contribution is 2.23. The van der Waals surface area contributed by atoms with Crippen LogP contribution in [0.15, 0.2) is 0 Å². The SMILES string of the molecule is CCSCCCNCC1CCCC1. The molecule has 1 saturated carbocycles. The summed E-state index contributed by atoms with van der Waals surface area (Å²) in [6.45, 7) is 4.73. The van der Waals surface area contributed by atoms with E-state index >= 15 is 0 Å². The third kappa shape index (κ3) is 5.58. The van der Waals surface area contributed by atoms with Crippen LogP contribution in [0, 0.1) is 5.92 Å². The molecule has 0 spiro atoms. The third-order valence-electron chi connectivity index (χ3n) is 2.75. The molecular formula is C11H23NS. The predicted octanol–water partition coefficient (Wildman–Crippen LogP) is 2.91. The minimum absolute atomic E-state index is 0.999. The van der Waals surface area contributed by atoms with E-state index in [4.69, 9.17) is 0 Å². The molecule has 0 bridgehead atoms. The van der Waals surface area contributed by atoms with Crippen LogP contribution in [0.4, 0.5) is 0 Å². The van der Waals surface area contributed by atoms with Crippen molar-refractivity contribution in [3.8, 4) is 0 Å². The van der Waals surface area contributed by atoms with Crippen molar-refractivity contribution in [3.63, 3.8) is 0 Å². The van der Waals surface area contributed by atoms with Gasteiger partial charge in [-0.3, -0.25) is 0 Å². The molecule has 0 heterocycles. The van der Waals surface area contributed by atoms with Gasteiger partial charge in [-0.25, -0.2) is 0 Å².